The minimum atomic E-state index is -0.989. The normalized spacial score (nSPS) is 10.8. The van der Waals surface area contributed by atoms with Crippen LogP contribution in [0.2, 0.25) is 0 Å². The molecule has 0 saturated carbocycles. The van der Waals surface area contributed by atoms with Gasteiger partial charge in [-0.2, -0.15) is 0 Å². The zero-order valence-electron chi connectivity index (χ0n) is 9.75. The Balaban J connectivity index is 2.31. The van der Waals surface area contributed by atoms with Crippen molar-refractivity contribution in [2.24, 2.45) is 0 Å². The van der Waals surface area contributed by atoms with Gasteiger partial charge in [-0.3, -0.25) is 4.40 Å². The molecule has 0 aliphatic carbocycles. The molecular formula is C14H9BrN2O2. The summed E-state index contributed by atoms with van der Waals surface area (Å²) in [5, 5.41) is 9.40. The van der Waals surface area contributed by atoms with Gasteiger partial charge in [-0.05, 0) is 24.3 Å². The van der Waals surface area contributed by atoms with Crippen LogP contribution in [0.15, 0.2) is 53.1 Å². The molecule has 3 rings (SSSR count). The molecule has 19 heavy (non-hydrogen) atoms. The summed E-state index contributed by atoms with van der Waals surface area (Å²) in [7, 11) is 0. The molecule has 0 aliphatic rings. The zero-order chi connectivity index (χ0) is 13.4. The van der Waals surface area contributed by atoms with E-state index in [1.54, 1.807) is 22.7 Å². The van der Waals surface area contributed by atoms with Crippen molar-refractivity contribution in [3.8, 4) is 11.3 Å². The van der Waals surface area contributed by atoms with E-state index in [1.165, 1.54) is 0 Å². The van der Waals surface area contributed by atoms with Crippen LogP contribution >= 0.6 is 15.9 Å². The van der Waals surface area contributed by atoms with Gasteiger partial charge in [0.15, 0.2) is 5.69 Å². The Bertz CT molecular complexity index is 763. The number of rotatable bonds is 2. The average molecular weight is 317 g/mol. The first-order chi connectivity index (χ1) is 9.16. The summed E-state index contributed by atoms with van der Waals surface area (Å²) in [6.45, 7) is 0. The molecule has 94 valence electrons. The monoisotopic (exact) mass is 316 g/mol. The summed E-state index contributed by atoms with van der Waals surface area (Å²) < 4.78 is 2.52. The van der Waals surface area contributed by atoms with Crippen LogP contribution in [-0.4, -0.2) is 20.5 Å². The number of carbonyl (C=O) groups is 1. The second kappa shape index (κ2) is 4.51. The lowest BCUT2D eigenvalue weighted by Crippen LogP contribution is -2.03. The molecule has 0 fully saturated rings. The molecule has 3 aromatic rings. The number of imidazole rings is 1. The first-order valence-corrected chi connectivity index (χ1v) is 6.42. The van der Waals surface area contributed by atoms with E-state index in [1.807, 2.05) is 30.3 Å². The number of aromatic carboxylic acids is 1. The molecule has 0 bridgehead atoms. The molecule has 0 aliphatic heterocycles. The second-order valence-electron chi connectivity index (χ2n) is 4.05. The van der Waals surface area contributed by atoms with Crippen molar-refractivity contribution in [2.75, 3.05) is 0 Å². The number of carboxylic acid groups (broad SMARTS) is 1. The van der Waals surface area contributed by atoms with E-state index >= 15 is 0 Å². The molecule has 0 unspecified atom stereocenters. The molecule has 4 nitrogen and oxygen atoms in total. The van der Waals surface area contributed by atoms with Crippen molar-refractivity contribution in [2.45, 2.75) is 0 Å². The van der Waals surface area contributed by atoms with Gasteiger partial charge in [0.2, 0.25) is 0 Å². The molecule has 0 atom stereocenters. The van der Waals surface area contributed by atoms with Gasteiger partial charge >= 0.3 is 5.97 Å². The van der Waals surface area contributed by atoms with Crippen LogP contribution < -0.4 is 0 Å². The molecular weight excluding hydrogens is 308 g/mol. The number of carboxylic acids is 1. The van der Waals surface area contributed by atoms with E-state index in [4.69, 9.17) is 0 Å². The van der Waals surface area contributed by atoms with Crippen molar-refractivity contribution in [1.82, 2.24) is 9.38 Å². The van der Waals surface area contributed by atoms with Crippen LogP contribution in [0.5, 0.6) is 0 Å². The number of aromatic nitrogens is 2. The van der Waals surface area contributed by atoms with Crippen LogP contribution in [0, 0.1) is 0 Å². The van der Waals surface area contributed by atoms with E-state index in [9.17, 15) is 9.90 Å². The molecule has 5 heteroatoms. The molecule has 0 radical (unpaired) electrons. The standard InChI is InChI=1S/C14H9BrN2O2/c15-10-6-4-9(5-7-10)12-13(14(18)19)17-8-2-1-3-11(17)16-12/h1-8H,(H,18,19). The lowest BCUT2D eigenvalue weighted by atomic mass is 10.1. The van der Waals surface area contributed by atoms with E-state index in [-0.39, 0.29) is 5.69 Å². The maximum atomic E-state index is 11.5. The van der Waals surface area contributed by atoms with Crippen molar-refractivity contribution in [1.29, 1.82) is 0 Å². The Hall–Kier alpha value is -2.14. The lowest BCUT2D eigenvalue weighted by Gasteiger charge is -2.00. The summed E-state index contributed by atoms with van der Waals surface area (Å²) >= 11 is 3.36. The number of fused-ring (bicyclic) bond motifs is 1. The van der Waals surface area contributed by atoms with E-state index in [0.29, 0.717) is 11.3 Å². The van der Waals surface area contributed by atoms with Gasteiger partial charge in [0.1, 0.15) is 11.3 Å². The summed E-state index contributed by atoms with van der Waals surface area (Å²) in [5.41, 5.74) is 2.06. The minimum Gasteiger partial charge on any atom is -0.476 e. The zero-order valence-corrected chi connectivity index (χ0v) is 11.3. The maximum absolute atomic E-state index is 11.5. The number of hydrogen-bond acceptors (Lipinski definition) is 2. The van der Waals surface area contributed by atoms with Crippen LogP contribution in [0.25, 0.3) is 16.9 Å². The highest BCUT2D eigenvalue weighted by molar-refractivity contribution is 9.10. The first kappa shape index (κ1) is 11.9. The second-order valence-corrected chi connectivity index (χ2v) is 4.97. The number of nitrogens with zero attached hydrogens (tertiary/aromatic N) is 2. The van der Waals surface area contributed by atoms with Gasteiger partial charge < -0.3 is 5.11 Å². The van der Waals surface area contributed by atoms with Crippen molar-refractivity contribution in [3.63, 3.8) is 0 Å². The van der Waals surface area contributed by atoms with Crippen LogP contribution in [0.1, 0.15) is 10.5 Å². The van der Waals surface area contributed by atoms with Gasteiger partial charge in [-0.25, -0.2) is 9.78 Å². The lowest BCUT2D eigenvalue weighted by molar-refractivity contribution is 0.0690. The predicted molar refractivity (Wildman–Crippen MR) is 75.3 cm³/mol. The van der Waals surface area contributed by atoms with Gasteiger partial charge in [-0.15, -0.1) is 0 Å². The topological polar surface area (TPSA) is 54.6 Å². The van der Waals surface area contributed by atoms with Gasteiger partial charge in [0, 0.05) is 16.2 Å². The number of benzene rings is 1. The van der Waals surface area contributed by atoms with Gasteiger partial charge in [0.25, 0.3) is 0 Å². The Kier molecular flexibility index (Phi) is 2.83. The van der Waals surface area contributed by atoms with E-state index in [0.717, 1.165) is 10.0 Å². The molecule has 0 spiro atoms. The SMILES string of the molecule is O=C(O)c1c(-c2ccc(Br)cc2)nc2ccccn12. The van der Waals surface area contributed by atoms with Gasteiger partial charge in [-0.1, -0.05) is 34.1 Å². The first-order valence-electron chi connectivity index (χ1n) is 5.63. The third-order valence-electron chi connectivity index (χ3n) is 2.85. The highest BCUT2D eigenvalue weighted by Crippen LogP contribution is 2.25. The third kappa shape index (κ3) is 2.02. The largest absolute Gasteiger partial charge is 0.476 e. The van der Waals surface area contributed by atoms with Crippen molar-refractivity contribution in [3.05, 3.63) is 58.8 Å². The molecule has 1 aromatic carbocycles. The van der Waals surface area contributed by atoms with Crippen molar-refractivity contribution < 1.29 is 9.90 Å². The fraction of sp³-hybridized carbons (Fsp3) is 0. The van der Waals surface area contributed by atoms with Gasteiger partial charge in [0.05, 0.1) is 0 Å². The Morgan fingerprint density at radius 1 is 1.16 bits per heavy atom. The van der Waals surface area contributed by atoms with E-state index in [2.05, 4.69) is 20.9 Å². The fourth-order valence-corrected chi connectivity index (χ4v) is 2.27. The van der Waals surface area contributed by atoms with Crippen LogP contribution in [0.3, 0.4) is 0 Å². The highest BCUT2D eigenvalue weighted by Gasteiger charge is 2.19. The summed E-state index contributed by atoms with van der Waals surface area (Å²) in [6.07, 6.45) is 1.70. The molecule has 2 aromatic heterocycles. The number of halogens is 1. The third-order valence-corrected chi connectivity index (χ3v) is 3.38. The molecule has 0 amide bonds. The number of pyridine rings is 1. The van der Waals surface area contributed by atoms with Crippen LogP contribution in [0.4, 0.5) is 0 Å². The summed E-state index contributed by atoms with van der Waals surface area (Å²) in [5.74, 6) is -0.989. The molecule has 0 saturated heterocycles. The van der Waals surface area contributed by atoms with E-state index < -0.39 is 5.97 Å². The Morgan fingerprint density at radius 2 is 1.89 bits per heavy atom. The minimum absolute atomic E-state index is 0.179. The fourth-order valence-electron chi connectivity index (χ4n) is 2.01. The smallest absolute Gasteiger partial charge is 0.355 e. The quantitative estimate of drug-likeness (QED) is 0.787. The Morgan fingerprint density at radius 3 is 2.58 bits per heavy atom. The predicted octanol–water partition coefficient (Wildman–Crippen LogP) is 3.46. The summed E-state index contributed by atoms with van der Waals surface area (Å²) in [4.78, 5) is 15.9. The average Bonchev–Trinajstić information content (AvgIpc) is 2.78. The molecule has 2 heterocycles. The summed E-state index contributed by atoms with van der Waals surface area (Å²) in [6, 6.07) is 12.8. The molecule has 1 N–H and O–H groups in total. The number of hydrogen-bond donors (Lipinski definition) is 1. The van der Waals surface area contributed by atoms with Crippen LogP contribution in [-0.2, 0) is 0 Å². The maximum Gasteiger partial charge on any atom is 0.355 e. The Labute approximate surface area is 117 Å². The highest BCUT2D eigenvalue weighted by atomic mass is 79.9. The van der Waals surface area contributed by atoms with Crippen molar-refractivity contribution >= 4 is 27.5 Å².